The van der Waals surface area contributed by atoms with Crippen LogP contribution in [0.25, 0.3) is 0 Å². The number of rotatable bonds is 2. The van der Waals surface area contributed by atoms with Crippen molar-refractivity contribution in [3.8, 4) is 0 Å². The van der Waals surface area contributed by atoms with Gasteiger partial charge in [-0.1, -0.05) is 48.5 Å². The number of benzene rings is 2. The van der Waals surface area contributed by atoms with Crippen LogP contribution in [0.3, 0.4) is 0 Å². The van der Waals surface area contributed by atoms with Crippen LogP contribution >= 0.6 is 0 Å². The zero-order chi connectivity index (χ0) is 18.4. The maximum absolute atomic E-state index is 12.9. The van der Waals surface area contributed by atoms with Crippen LogP contribution in [0.2, 0.25) is 0 Å². The highest BCUT2D eigenvalue weighted by molar-refractivity contribution is 5.92. The number of nitrogens with zero attached hydrogens (tertiary/aromatic N) is 2. The first-order valence-corrected chi connectivity index (χ1v) is 9.92. The summed E-state index contributed by atoms with van der Waals surface area (Å²) in [4.78, 5) is 29.7. The van der Waals surface area contributed by atoms with E-state index in [1.54, 1.807) is 0 Å². The summed E-state index contributed by atoms with van der Waals surface area (Å²) < 4.78 is 0. The van der Waals surface area contributed by atoms with Crippen molar-refractivity contribution in [3.63, 3.8) is 0 Å². The highest BCUT2D eigenvalue weighted by Crippen LogP contribution is 2.42. The molecule has 0 bridgehead atoms. The smallest absolute Gasteiger partial charge is 0.226 e. The Bertz CT molecular complexity index is 833. The Hall–Kier alpha value is -2.62. The van der Waals surface area contributed by atoms with Gasteiger partial charge in [0.2, 0.25) is 11.8 Å². The van der Waals surface area contributed by atoms with Crippen LogP contribution in [0.1, 0.15) is 28.7 Å². The third kappa shape index (κ3) is 3.03. The van der Waals surface area contributed by atoms with Gasteiger partial charge >= 0.3 is 0 Å². The maximum atomic E-state index is 12.9. The highest BCUT2D eigenvalue weighted by atomic mass is 16.2. The van der Waals surface area contributed by atoms with E-state index in [2.05, 4.69) is 36.4 Å². The zero-order valence-electron chi connectivity index (χ0n) is 15.4. The SMILES string of the molecule is O=C(C1CC1C(=O)N1CCc2ccccc2C1)N1CCc2ccccc2C1. The molecule has 5 rings (SSSR count). The molecule has 2 aromatic carbocycles. The lowest BCUT2D eigenvalue weighted by Gasteiger charge is -2.30. The van der Waals surface area contributed by atoms with E-state index in [0.29, 0.717) is 19.5 Å². The minimum Gasteiger partial charge on any atom is -0.338 e. The molecule has 4 nitrogen and oxygen atoms in total. The number of hydrogen-bond acceptors (Lipinski definition) is 2. The molecule has 2 unspecified atom stereocenters. The third-order valence-electron chi connectivity index (χ3n) is 6.31. The van der Waals surface area contributed by atoms with Crippen LogP contribution in [0.4, 0.5) is 0 Å². The Kier molecular flexibility index (Phi) is 4.00. The van der Waals surface area contributed by atoms with E-state index >= 15 is 0 Å². The molecule has 0 spiro atoms. The van der Waals surface area contributed by atoms with Crippen LogP contribution in [0.5, 0.6) is 0 Å². The molecule has 27 heavy (non-hydrogen) atoms. The van der Waals surface area contributed by atoms with E-state index in [-0.39, 0.29) is 23.7 Å². The van der Waals surface area contributed by atoms with Gasteiger partial charge in [-0.25, -0.2) is 0 Å². The summed E-state index contributed by atoms with van der Waals surface area (Å²) in [5.74, 6) is 0.111. The molecule has 2 amide bonds. The van der Waals surface area contributed by atoms with Crippen molar-refractivity contribution in [3.05, 3.63) is 70.8 Å². The second kappa shape index (κ2) is 6.52. The summed E-state index contributed by atoms with van der Waals surface area (Å²) in [6, 6.07) is 16.7. The molecule has 4 heteroatoms. The van der Waals surface area contributed by atoms with E-state index in [0.717, 1.165) is 25.9 Å². The van der Waals surface area contributed by atoms with Gasteiger partial charge in [-0.3, -0.25) is 9.59 Å². The van der Waals surface area contributed by atoms with Crippen LogP contribution in [0.15, 0.2) is 48.5 Å². The van der Waals surface area contributed by atoms with E-state index < -0.39 is 0 Å². The minimum absolute atomic E-state index is 0.111. The lowest BCUT2D eigenvalue weighted by molar-refractivity contribution is -0.139. The Balaban J connectivity index is 1.22. The Labute approximate surface area is 159 Å². The quantitative estimate of drug-likeness (QED) is 0.826. The van der Waals surface area contributed by atoms with Gasteiger partial charge in [0.1, 0.15) is 0 Å². The average Bonchev–Trinajstić information content (AvgIpc) is 3.53. The maximum Gasteiger partial charge on any atom is 0.226 e. The van der Waals surface area contributed by atoms with Gasteiger partial charge in [-0.05, 0) is 41.5 Å². The lowest BCUT2D eigenvalue weighted by Crippen LogP contribution is -2.40. The summed E-state index contributed by atoms with van der Waals surface area (Å²) >= 11 is 0. The number of carbonyl (C=O) groups is 2. The summed E-state index contributed by atoms with van der Waals surface area (Å²) in [5, 5.41) is 0. The fraction of sp³-hybridized carbons (Fsp3) is 0.391. The Morgan fingerprint density at radius 3 is 1.52 bits per heavy atom. The van der Waals surface area contributed by atoms with E-state index in [4.69, 9.17) is 0 Å². The molecule has 1 fully saturated rings. The number of carbonyl (C=O) groups excluding carboxylic acids is 2. The van der Waals surface area contributed by atoms with Gasteiger partial charge in [0.15, 0.2) is 0 Å². The van der Waals surface area contributed by atoms with Gasteiger partial charge in [0.05, 0.1) is 11.8 Å². The van der Waals surface area contributed by atoms with Crippen molar-refractivity contribution in [1.82, 2.24) is 9.80 Å². The molecule has 0 aromatic heterocycles. The van der Waals surface area contributed by atoms with Gasteiger partial charge in [-0.2, -0.15) is 0 Å². The minimum atomic E-state index is -0.111. The van der Waals surface area contributed by atoms with Crippen molar-refractivity contribution in [1.29, 1.82) is 0 Å². The molecule has 2 aliphatic heterocycles. The van der Waals surface area contributed by atoms with Gasteiger partial charge in [-0.15, -0.1) is 0 Å². The number of hydrogen-bond donors (Lipinski definition) is 0. The highest BCUT2D eigenvalue weighted by Gasteiger charge is 2.51. The molecule has 1 aliphatic carbocycles. The van der Waals surface area contributed by atoms with Gasteiger partial charge in [0, 0.05) is 26.2 Å². The molecular formula is C23H24N2O2. The first-order valence-electron chi connectivity index (χ1n) is 9.92. The van der Waals surface area contributed by atoms with Crippen molar-refractivity contribution in [2.75, 3.05) is 13.1 Å². The van der Waals surface area contributed by atoms with Crippen LogP contribution < -0.4 is 0 Å². The summed E-state index contributed by atoms with van der Waals surface area (Å²) in [6.07, 6.45) is 2.54. The number of fused-ring (bicyclic) bond motifs is 2. The molecule has 0 N–H and O–H groups in total. The van der Waals surface area contributed by atoms with Gasteiger partial charge < -0.3 is 9.80 Å². The largest absolute Gasteiger partial charge is 0.338 e. The van der Waals surface area contributed by atoms with Crippen LogP contribution in [0, 0.1) is 11.8 Å². The van der Waals surface area contributed by atoms with E-state index in [1.807, 2.05) is 21.9 Å². The second-order valence-electron chi connectivity index (χ2n) is 8.01. The number of amides is 2. The topological polar surface area (TPSA) is 40.6 Å². The predicted molar refractivity (Wildman–Crippen MR) is 103 cm³/mol. The van der Waals surface area contributed by atoms with Crippen molar-refractivity contribution in [2.24, 2.45) is 11.8 Å². The summed E-state index contributed by atoms with van der Waals surface area (Å²) in [7, 11) is 0. The van der Waals surface area contributed by atoms with Crippen molar-refractivity contribution in [2.45, 2.75) is 32.4 Å². The van der Waals surface area contributed by atoms with Crippen molar-refractivity contribution >= 4 is 11.8 Å². The molecular weight excluding hydrogens is 336 g/mol. The van der Waals surface area contributed by atoms with Crippen LogP contribution in [-0.4, -0.2) is 34.7 Å². The standard InChI is InChI=1S/C23H24N2O2/c26-22(24-11-9-16-5-1-3-7-18(16)14-24)20-13-21(20)23(27)25-12-10-17-6-2-4-8-19(17)15-25/h1-8,20-21H,9-15H2. The molecule has 138 valence electrons. The molecule has 0 saturated heterocycles. The first-order chi connectivity index (χ1) is 13.2. The monoisotopic (exact) mass is 360 g/mol. The molecule has 3 aliphatic rings. The summed E-state index contributed by atoms with van der Waals surface area (Å²) in [5.41, 5.74) is 5.18. The normalized spacial score (nSPS) is 23.4. The molecule has 0 radical (unpaired) electrons. The van der Waals surface area contributed by atoms with Gasteiger partial charge in [0.25, 0.3) is 0 Å². The summed E-state index contributed by atoms with van der Waals surface area (Å²) in [6.45, 7) is 2.90. The first kappa shape index (κ1) is 16.5. The van der Waals surface area contributed by atoms with Crippen molar-refractivity contribution < 1.29 is 9.59 Å². The third-order valence-corrected chi connectivity index (χ3v) is 6.31. The zero-order valence-corrected chi connectivity index (χ0v) is 15.4. The molecule has 2 heterocycles. The molecule has 2 atom stereocenters. The van der Waals surface area contributed by atoms with E-state index in [9.17, 15) is 9.59 Å². The lowest BCUT2D eigenvalue weighted by atomic mass is 9.99. The van der Waals surface area contributed by atoms with Crippen LogP contribution in [-0.2, 0) is 35.5 Å². The predicted octanol–water partition coefficient (Wildman–Crippen LogP) is 2.79. The fourth-order valence-corrected chi connectivity index (χ4v) is 4.58. The average molecular weight is 360 g/mol. The second-order valence-corrected chi connectivity index (χ2v) is 8.01. The fourth-order valence-electron chi connectivity index (χ4n) is 4.58. The molecule has 1 saturated carbocycles. The van der Waals surface area contributed by atoms with E-state index in [1.165, 1.54) is 22.3 Å². The molecule has 2 aromatic rings. The Morgan fingerprint density at radius 1 is 0.667 bits per heavy atom. The Morgan fingerprint density at radius 2 is 1.07 bits per heavy atom.